The molecule has 7 nitrogen and oxygen atoms in total. The largest absolute Gasteiger partial charge is 0.491 e. The first kappa shape index (κ1) is 22.6. The van der Waals surface area contributed by atoms with Crippen molar-refractivity contribution in [3.63, 3.8) is 0 Å². The molecule has 0 saturated carbocycles. The Kier molecular flexibility index (Phi) is 6.60. The molecule has 1 aromatic carbocycles. The second-order valence-electron chi connectivity index (χ2n) is 8.45. The number of imidazole rings is 1. The van der Waals surface area contributed by atoms with Gasteiger partial charge in [0.2, 0.25) is 0 Å². The van der Waals surface area contributed by atoms with Crippen LogP contribution in [-0.2, 0) is 4.74 Å². The summed E-state index contributed by atoms with van der Waals surface area (Å²) in [6.45, 7) is 5.16. The van der Waals surface area contributed by atoms with E-state index in [-0.39, 0.29) is 0 Å². The summed E-state index contributed by atoms with van der Waals surface area (Å²) in [7, 11) is 1.64. The van der Waals surface area contributed by atoms with Crippen LogP contribution in [0, 0.1) is 0 Å². The lowest BCUT2D eigenvalue weighted by Gasteiger charge is -2.34. The number of likely N-dealkylation sites (tertiary alicyclic amines) is 1. The van der Waals surface area contributed by atoms with Crippen LogP contribution in [0.25, 0.3) is 27.9 Å². The molecular weight excluding hydrogens is 435 g/mol. The summed E-state index contributed by atoms with van der Waals surface area (Å²) >= 11 is 0. The SMILES string of the molecule is CCN1CC[C@H](Oc2cccc3ccc(-c4cnc5cc(OCCOC)ccn45)nc23)[C@@H](F)C1. The summed E-state index contributed by atoms with van der Waals surface area (Å²) < 4.78 is 33.6. The van der Waals surface area contributed by atoms with E-state index < -0.39 is 12.3 Å². The number of hydrogen-bond donors (Lipinski definition) is 0. The second-order valence-corrected chi connectivity index (χ2v) is 8.45. The minimum absolute atomic E-state index is 0.406. The normalized spacial score (nSPS) is 19.0. The molecule has 1 aliphatic heterocycles. The highest BCUT2D eigenvalue weighted by atomic mass is 19.1. The van der Waals surface area contributed by atoms with Crippen molar-refractivity contribution < 1.29 is 18.6 Å². The minimum atomic E-state index is -1.02. The van der Waals surface area contributed by atoms with E-state index in [9.17, 15) is 4.39 Å². The third-order valence-corrected chi connectivity index (χ3v) is 6.28. The molecule has 178 valence electrons. The Labute approximate surface area is 198 Å². The smallest absolute Gasteiger partial charge is 0.149 e. The first-order chi connectivity index (χ1) is 16.7. The lowest BCUT2D eigenvalue weighted by molar-refractivity contribution is 0.0247. The predicted octanol–water partition coefficient (Wildman–Crippen LogP) is 4.39. The van der Waals surface area contributed by atoms with Gasteiger partial charge in [-0.1, -0.05) is 25.1 Å². The maximum Gasteiger partial charge on any atom is 0.149 e. The van der Waals surface area contributed by atoms with Crippen molar-refractivity contribution >= 4 is 16.6 Å². The molecule has 0 aliphatic carbocycles. The Balaban J connectivity index is 1.43. The lowest BCUT2D eigenvalue weighted by Crippen LogP contribution is -2.46. The van der Waals surface area contributed by atoms with E-state index in [1.165, 1.54) is 0 Å². The van der Waals surface area contributed by atoms with Crippen molar-refractivity contribution in [2.24, 2.45) is 0 Å². The number of halogens is 1. The van der Waals surface area contributed by atoms with Gasteiger partial charge in [-0.05, 0) is 31.2 Å². The fraction of sp³-hybridized carbons (Fsp3) is 0.385. The average Bonchev–Trinajstić information content (AvgIpc) is 3.28. The summed E-state index contributed by atoms with van der Waals surface area (Å²) in [5.74, 6) is 1.35. The average molecular weight is 465 g/mol. The Morgan fingerprint density at radius 3 is 2.88 bits per heavy atom. The quantitative estimate of drug-likeness (QED) is 0.361. The number of pyridine rings is 2. The summed E-state index contributed by atoms with van der Waals surface area (Å²) in [5.41, 5.74) is 3.11. The number of para-hydroxylation sites is 1. The number of hydrogen-bond acceptors (Lipinski definition) is 6. The predicted molar refractivity (Wildman–Crippen MR) is 129 cm³/mol. The van der Waals surface area contributed by atoms with Crippen LogP contribution in [0.3, 0.4) is 0 Å². The van der Waals surface area contributed by atoms with Gasteiger partial charge in [-0.2, -0.15) is 0 Å². The molecule has 0 amide bonds. The molecule has 1 fully saturated rings. The number of piperidine rings is 1. The van der Waals surface area contributed by atoms with Crippen LogP contribution < -0.4 is 9.47 Å². The minimum Gasteiger partial charge on any atom is -0.491 e. The molecule has 0 spiro atoms. The third kappa shape index (κ3) is 4.56. The molecule has 3 aromatic heterocycles. The number of ether oxygens (including phenoxy) is 3. The van der Waals surface area contributed by atoms with Crippen molar-refractivity contribution in [1.29, 1.82) is 0 Å². The fourth-order valence-corrected chi connectivity index (χ4v) is 4.37. The summed E-state index contributed by atoms with van der Waals surface area (Å²) in [6.07, 6.45) is 2.89. The monoisotopic (exact) mass is 464 g/mol. The van der Waals surface area contributed by atoms with E-state index >= 15 is 0 Å². The van der Waals surface area contributed by atoms with E-state index in [1.807, 2.05) is 53.1 Å². The lowest BCUT2D eigenvalue weighted by atomic mass is 10.1. The molecular formula is C26H29FN4O3. The van der Waals surface area contributed by atoms with E-state index in [1.54, 1.807) is 13.3 Å². The highest BCUT2D eigenvalue weighted by Gasteiger charge is 2.30. The number of alkyl halides is 1. The summed E-state index contributed by atoms with van der Waals surface area (Å²) in [4.78, 5) is 11.6. The molecule has 4 heterocycles. The van der Waals surface area contributed by atoms with Gasteiger partial charge < -0.3 is 19.1 Å². The van der Waals surface area contributed by atoms with Gasteiger partial charge in [0.15, 0.2) is 0 Å². The van der Waals surface area contributed by atoms with Gasteiger partial charge >= 0.3 is 0 Å². The first-order valence-corrected chi connectivity index (χ1v) is 11.7. The van der Waals surface area contributed by atoms with Crippen molar-refractivity contribution in [3.05, 3.63) is 54.9 Å². The van der Waals surface area contributed by atoms with Crippen molar-refractivity contribution in [2.75, 3.05) is 40.0 Å². The zero-order valence-electron chi connectivity index (χ0n) is 19.5. The molecule has 5 rings (SSSR count). The van der Waals surface area contributed by atoms with Crippen LogP contribution in [0.5, 0.6) is 11.5 Å². The van der Waals surface area contributed by atoms with Crippen molar-refractivity contribution in [1.82, 2.24) is 19.3 Å². The highest BCUT2D eigenvalue weighted by Crippen LogP contribution is 2.30. The van der Waals surface area contributed by atoms with Crippen LogP contribution in [0.15, 0.2) is 54.9 Å². The maximum absolute atomic E-state index is 14.8. The third-order valence-electron chi connectivity index (χ3n) is 6.28. The van der Waals surface area contributed by atoms with Crippen LogP contribution in [0.4, 0.5) is 4.39 Å². The van der Waals surface area contributed by atoms with Gasteiger partial charge in [0.25, 0.3) is 0 Å². The van der Waals surface area contributed by atoms with E-state index in [0.29, 0.717) is 31.9 Å². The van der Waals surface area contributed by atoms with Gasteiger partial charge in [-0.3, -0.25) is 4.40 Å². The standard InChI is InChI=1S/C26H29FN4O3/c1-3-30-11-10-23(20(27)17-30)34-24-6-4-5-18-7-8-21(29-26(18)24)22-16-28-25-15-19(9-12-31(22)25)33-14-13-32-2/h4-9,12,15-16,20,23H,3,10-11,13-14,17H2,1-2H3/t20-,23-/m0/s1. The number of rotatable bonds is 8. The topological polar surface area (TPSA) is 61.1 Å². The number of fused-ring (bicyclic) bond motifs is 2. The first-order valence-electron chi connectivity index (χ1n) is 11.7. The number of methoxy groups -OCH3 is 1. The molecule has 0 N–H and O–H groups in total. The van der Waals surface area contributed by atoms with Crippen molar-refractivity contribution in [2.45, 2.75) is 25.6 Å². The van der Waals surface area contributed by atoms with Crippen LogP contribution in [-0.4, -0.2) is 71.5 Å². The Hall–Kier alpha value is -3.23. The van der Waals surface area contributed by atoms with Crippen LogP contribution in [0.1, 0.15) is 13.3 Å². The number of benzene rings is 1. The Morgan fingerprint density at radius 2 is 2.06 bits per heavy atom. The molecule has 8 heteroatoms. The second kappa shape index (κ2) is 9.95. The molecule has 0 unspecified atom stereocenters. The Morgan fingerprint density at radius 1 is 1.15 bits per heavy atom. The molecule has 2 atom stereocenters. The zero-order valence-corrected chi connectivity index (χ0v) is 19.5. The van der Waals surface area contributed by atoms with Crippen LogP contribution in [0.2, 0.25) is 0 Å². The fourth-order valence-electron chi connectivity index (χ4n) is 4.37. The zero-order chi connectivity index (χ0) is 23.5. The van der Waals surface area contributed by atoms with Gasteiger partial charge in [-0.25, -0.2) is 14.4 Å². The van der Waals surface area contributed by atoms with Crippen LogP contribution >= 0.6 is 0 Å². The molecule has 0 bridgehead atoms. The van der Waals surface area contributed by atoms with E-state index in [4.69, 9.17) is 19.2 Å². The van der Waals surface area contributed by atoms with Gasteiger partial charge in [0.1, 0.15) is 41.5 Å². The van der Waals surface area contributed by atoms with Gasteiger partial charge in [0, 0.05) is 37.8 Å². The molecule has 4 aromatic rings. The Bertz CT molecular complexity index is 1280. The highest BCUT2D eigenvalue weighted by molar-refractivity contribution is 5.86. The number of aromatic nitrogens is 3. The summed E-state index contributed by atoms with van der Waals surface area (Å²) in [5, 5.41) is 0.949. The maximum atomic E-state index is 14.8. The van der Waals surface area contributed by atoms with E-state index in [0.717, 1.165) is 46.8 Å². The van der Waals surface area contributed by atoms with Crippen molar-refractivity contribution in [3.8, 4) is 22.9 Å². The molecule has 0 radical (unpaired) electrons. The molecule has 1 saturated heterocycles. The van der Waals surface area contributed by atoms with Gasteiger partial charge in [0.05, 0.1) is 24.2 Å². The van der Waals surface area contributed by atoms with Gasteiger partial charge in [-0.15, -0.1) is 0 Å². The molecule has 34 heavy (non-hydrogen) atoms. The molecule has 1 aliphatic rings. The summed E-state index contributed by atoms with van der Waals surface area (Å²) in [6, 6.07) is 13.5. The number of nitrogens with zero attached hydrogens (tertiary/aromatic N) is 4. The van der Waals surface area contributed by atoms with E-state index in [2.05, 4.69) is 16.8 Å².